The number of ether oxygens (including phenoxy) is 1. The largest absolute Gasteiger partial charge is 0.507 e. The summed E-state index contributed by atoms with van der Waals surface area (Å²) in [6.45, 7) is 15.7. The normalized spacial score (nSPS) is 13.4. The Labute approximate surface area is 216 Å². The minimum Gasteiger partial charge on any atom is -0.507 e. The molecule has 0 spiro atoms. The minimum atomic E-state index is -3.79. The Hall–Kier alpha value is -2.34. The predicted octanol–water partition coefficient (Wildman–Crippen LogP) is 7.03. The number of hydrogen-bond donors (Lipinski definition) is 1. The van der Waals surface area contributed by atoms with Crippen LogP contribution in [-0.2, 0) is 24.4 Å². The molecule has 36 heavy (non-hydrogen) atoms. The Kier molecular flexibility index (Phi) is 9.44. The summed E-state index contributed by atoms with van der Waals surface area (Å²) in [7, 11) is -0.622. The van der Waals surface area contributed by atoms with Crippen molar-refractivity contribution in [3.05, 3.63) is 58.7 Å². The second kappa shape index (κ2) is 11.4. The van der Waals surface area contributed by atoms with Crippen LogP contribution < -0.4 is 4.74 Å². The van der Waals surface area contributed by atoms with Crippen molar-refractivity contribution in [3.63, 3.8) is 0 Å². The zero-order valence-electron chi connectivity index (χ0n) is 23.3. The molecule has 0 heterocycles. The predicted molar refractivity (Wildman–Crippen MR) is 144 cm³/mol. The van der Waals surface area contributed by atoms with E-state index in [0.717, 1.165) is 0 Å². The Morgan fingerprint density at radius 3 is 1.75 bits per heavy atom. The number of rotatable bonds is 9. The molecule has 2 aromatic carbocycles. The number of carbonyl (C=O) groups excluding carboxylic acids is 1. The monoisotopic (exact) mass is 519 g/mol. The maximum Gasteiger partial charge on any atom is 0.357 e. The molecule has 1 atom stereocenters. The highest BCUT2D eigenvalue weighted by Gasteiger charge is 2.42. The molecule has 0 aliphatic heterocycles. The number of phenols is 1. The van der Waals surface area contributed by atoms with Gasteiger partial charge in [-0.2, -0.15) is 0 Å². The van der Waals surface area contributed by atoms with Crippen LogP contribution in [0.5, 0.6) is 11.5 Å². The van der Waals surface area contributed by atoms with Crippen molar-refractivity contribution in [3.8, 4) is 11.5 Å². The maximum atomic E-state index is 14.0. The van der Waals surface area contributed by atoms with Gasteiger partial charge in [0.25, 0.3) is 5.91 Å². The van der Waals surface area contributed by atoms with E-state index >= 15 is 0 Å². The lowest BCUT2D eigenvalue weighted by molar-refractivity contribution is 0.0742. The molecule has 1 unspecified atom stereocenters. The number of phenolic OH excluding ortho intramolecular Hbond substituents is 1. The highest BCUT2D eigenvalue weighted by Crippen LogP contribution is 2.62. The summed E-state index contributed by atoms with van der Waals surface area (Å²) in [4.78, 5) is 15.4. The topological polar surface area (TPSA) is 85.3 Å². The van der Waals surface area contributed by atoms with Crippen LogP contribution in [0.1, 0.15) is 88.2 Å². The van der Waals surface area contributed by atoms with Gasteiger partial charge in [-0.05, 0) is 54.5 Å². The van der Waals surface area contributed by atoms with Gasteiger partial charge in [-0.3, -0.25) is 9.36 Å². The zero-order valence-corrected chi connectivity index (χ0v) is 24.2. The molecule has 2 rings (SSSR count). The Bertz CT molecular complexity index is 1050. The molecule has 0 bridgehead atoms. The van der Waals surface area contributed by atoms with Crippen molar-refractivity contribution in [2.45, 2.75) is 72.0 Å². The van der Waals surface area contributed by atoms with Crippen molar-refractivity contribution in [1.82, 2.24) is 4.90 Å². The van der Waals surface area contributed by atoms with Crippen molar-refractivity contribution < 1.29 is 28.3 Å². The lowest BCUT2D eigenvalue weighted by Crippen LogP contribution is -2.33. The average molecular weight is 520 g/mol. The van der Waals surface area contributed by atoms with Gasteiger partial charge in [0, 0.05) is 23.7 Å². The lowest BCUT2D eigenvalue weighted by atomic mass is 9.78. The van der Waals surface area contributed by atoms with E-state index in [0.29, 0.717) is 28.0 Å². The lowest BCUT2D eigenvalue weighted by Gasteiger charge is -2.34. The maximum absolute atomic E-state index is 14.0. The molecule has 2 aromatic rings. The van der Waals surface area contributed by atoms with E-state index in [1.54, 1.807) is 64.4 Å². The highest BCUT2D eigenvalue weighted by atomic mass is 31.2. The van der Waals surface area contributed by atoms with Crippen LogP contribution >= 0.6 is 7.60 Å². The van der Waals surface area contributed by atoms with Gasteiger partial charge >= 0.3 is 7.60 Å². The molecule has 200 valence electrons. The number of benzene rings is 2. The first kappa shape index (κ1) is 29.9. The van der Waals surface area contributed by atoms with E-state index < -0.39 is 24.2 Å². The summed E-state index contributed by atoms with van der Waals surface area (Å²) < 4.78 is 30.7. The molecule has 0 aliphatic carbocycles. The summed E-state index contributed by atoms with van der Waals surface area (Å²) in [5, 5.41) is 11.1. The summed E-state index contributed by atoms with van der Waals surface area (Å²) in [6.07, 6.45) is 0. The second-order valence-corrected chi connectivity index (χ2v) is 12.9. The number of aromatic hydroxyl groups is 1. The molecular formula is C28H42NO6P. The van der Waals surface area contributed by atoms with Gasteiger partial charge in [-0.15, -0.1) is 0 Å². The van der Waals surface area contributed by atoms with Crippen molar-refractivity contribution in [2.75, 3.05) is 27.4 Å². The van der Waals surface area contributed by atoms with Gasteiger partial charge in [-0.1, -0.05) is 53.7 Å². The first-order valence-corrected chi connectivity index (χ1v) is 13.9. The standard InChI is InChI=1S/C28H42NO6P/c1-11-34-36(32,35-12-2)26(19-13-15-21(33-10)16-14-19)29(9)25(31)20-17-22(27(3,4)5)24(30)23(18-20)28(6,7)8/h13-18,26,30H,11-12H2,1-10H3. The third-order valence-electron chi connectivity index (χ3n) is 5.99. The van der Waals surface area contributed by atoms with Crippen LogP contribution in [0.2, 0.25) is 0 Å². The molecule has 0 saturated carbocycles. The smallest absolute Gasteiger partial charge is 0.357 e. The van der Waals surface area contributed by atoms with Crippen molar-refractivity contribution >= 4 is 13.5 Å². The van der Waals surface area contributed by atoms with Crippen LogP contribution in [0.4, 0.5) is 0 Å². The average Bonchev–Trinajstić information content (AvgIpc) is 2.78. The Balaban J connectivity index is 2.73. The number of hydrogen-bond acceptors (Lipinski definition) is 6. The van der Waals surface area contributed by atoms with Crippen LogP contribution in [0.15, 0.2) is 36.4 Å². The molecular weight excluding hydrogens is 477 g/mol. The number of amides is 1. The first-order valence-electron chi connectivity index (χ1n) is 12.3. The van der Waals surface area contributed by atoms with Gasteiger partial charge in [-0.25, -0.2) is 0 Å². The van der Waals surface area contributed by atoms with Crippen LogP contribution in [-0.4, -0.2) is 43.3 Å². The molecule has 1 amide bonds. The van der Waals surface area contributed by atoms with E-state index in [1.807, 2.05) is 41.5 Å². The van der Waals surface area contributed by atoms with Gasteiger partial charge in [0.05, 0.1) is 20.3 Å². The number of carbonyl (C=O) groups is 1. The summed E-state index contributed by atoms with van der Waals surface area (Å²) in [5.41, 5.74) is 1.53. The molecule has 0 aromatic heterocycles. The van der Waals surface area contributed by atoms with E-state index in [2.05, 4.69) is 0 Å². The first-order chi connectivity index (χ1) is 16.6. The molecule has 0 aliphatic rings. The number of nitrogens with zero attached hydrogens (tertiary/aromatic N) is 1. The van der Waals surface area contributed by atoms with E-state index in [-0.39, 0.29) is 24.9 Å². The van der Waals surface area contributed by atoms with Gasteiger partial charge in [0.1, 0.15) is 11.5 Å². The molecule has 1 N–H and O–H groups in total. The Morgan fingerprint density at radius 2 is 1.39 bits per heavy atom. The zero-order chi connectivity index (χ0) is 27.5. The third-order valence-corrected chi connectivity index (χ3v) is 8.47. The molecule has 7 nitrogen and oxygen atoms in total. The van der Waals surface area contributed by atoms with E-state index in [4.69, 9.17) is 13.8 Å². The fourth-order valence-electron chi connectivity index (χ4n) is 4.15. The van der Waals surface area contributed by atoms with Gasteiger partial charge in [0.2, 0.25) is 0 Å². The minimum absolute atomic E-state index is 0.160. The summed E-state index contributed by atoms with van der Waals surface area (Å²) in [5.74, 6) is -0.514. The van der Waals surface area contributed by atoms with Crippen molar-refractivity contribution in [2.24, 2.45) is 0 Å². The second-order valence-electron chi connectivity index (χ2n) is 10.9. The van der Waals surface area contributed by atoms with Gasteiger partial charge < -0.3 is 23.8 Å². The van der Waals surface area contributed by atoms with Crippen molar-refractivity contribution in [1.29, 1.82) is 0 Å². The van der Waals surface area contributed by atoms with Crippen LogP contribution in [0.25, 0.3) is 0 Å². The van der Waals surface area contributed by atoms with E-state index in [9.17, 15) is 14.5 Å². The third kappa shape index (κ3) is 6.50. The molecule has 0 fully saturated rings. The van der Waals surface area contributed by atoms with Crippen LogP contribution in [0.3, 0.4) is 0 Å². The van der Waals surface area contributed by atoms with Crippen LogP contribution in [0, 0.1) is 0 Å². The molecule has 8 heteroatoms. The quantitative estimate of drug-likeness (QED) is 0.358. The Morgan fingerprint density at radius 1 is 0.944 bits per heavy atom. The fraction of sp³-hybridized carbons (Fsp3) is 0.536. The summed E-state index contributed by atoms with van der Waals surface area (Å²) >= 11 is 0. The SMILES string of the molecule is CCOP(=O)(OCC)C(c1ccc(OC)cc1)N(C)C(=O)c1cc(C(C)(C)C)c(O)c(C(C)(C)C)c1. The number of methoxy groups -OCH3 is 1. The molecule has 0 radical (unpaired) electrons. The van der Waals surface area contributed by atoms with Gasteiger partial charge in [0.15, 0.2) is 5.78 Å². The summed E-state index contributed by atoms with van der Waals surface area (Å²) in [6, 6.07) is 10.5. The molecule has 0 saturated heterocycles. The fourth-order valence-corrected chi connectivity index (χ4v) is 6.29. The highest BCUT2D eigenvalue weighted by molar-refractivity contribution is 7.54. The van der Waals surface area contributed by atoms with E-state index in [1.165, 1.54) is 4.90 Å².